The van der Waals surface area contributed by atoms with E-state index >= 15 is 0 Å². The predicted octanol–water partition coefficient (Wildman–Crippen LogP) is 0.389. The number of pyridine rings is 1. The van der Waals surface area contributed by atoms with Crippen LogP contribution in [-0.4, -0.2) is 16.5 Å². The van der Waals surface area contributed by atoms with E-state index in [-0.39, 0.29) is 23.5 Å². The second-order valence-corrected chi connectivity index (χ2v) is 4.12. The summed E-state index contributed by atoms with van der Waals surface area (Å²) < 4.78 is 1.39. The van der Waals surface area contributed by atoms with Gasteiger partial charge in [0.25, 0.3) is 5.56 Å². The van der Waals surface area contributed by atoms with Crippen molar-refractivity contribution in [2.45, 2.75) is 31.8 Å². The molecule has 1 heterocycles. The number of carbonyl (C=O) groups excluding carboxylic acids is 1. The Labute approximate surface area is 98.7 Å². The molecular weight excluding hydrogens is 218 g/mol. The van der Waals surface area contributed by atoms with E-state index in [2.05, 4.69) is 5.32 Å². The Hall–Kier alpha value is -2.09. The molecule has 0 spiro atoms. The number of hydrogen-bond acceptors (Lipinski definition) is 3. The van der Waals surface area contributed by atoms with Crippen molar-refractivity contribution in [2.75, 3.05) is 0 Å². The minimum atomic E-state index is -0.339. The van der Waals surface area contributed by atoms with Crippen LogP contribution < -0.4 is 10.9 Å². The molecule has 0 aliphatic heterocycles. The van der Waals surface area contributed by atoms with Gasteiger partial charge in [0, 0.05) is 25.2 Å². The molecule has 0 radical (unpaired) electrons. The fourth-order valence-corrected chi connectivity index (χ4v) is 1.55. The van der Waals surface area contributed by atoms with Crippen LogP contribution >= 0.6 is 0 Å². The SMILES string of the molecule is N#Cc1cccn(CCC(=O)NC2CC2)c1=O. The third kappa shape index (κ3) is 2.94. The summed E-state index contributed by atoms with van der Waals surface area (Å²) in [5.74, 6) is -0.0400. The predicted molar refractivity (Wildman–Crippen MR) is 61.2 cm³/mol. The molecule has 0 unspecified atom stereocenters. The summed E-state index contributed by atoms with van der Waals surface area (Å²) in [6.45, 7) is 0.312. The van der Waals surface area contributed by atoms with E-state index in [4.69, 9.17) is 5.26 Å². The molecule has 1 amide bonds. The molecule has 5 heteroatoms. The maximum atomic E-state index is 11.7. The number of rotatable bonds is 4. The third-order valence-corrected chi connectivity index (χ3v) is 2.66. The lowest BCUT2D eigenvalue weighted by molar-refractivity contribution is -0.121. The first-order valence-corrected chi connectivity index (χ1v) is 5.59. The highest BCUT2D eigenvalue weighted by atomic mass is 16.2. The Balaban J connectivity index is 1.96. The van der Waals surface area contributed by atoms with E-state index < -0.39 is 0 Å². The number of amides is 1. The van der Waals surface area contributed by atoms with Gasteiger partial charge < -0.3 is 9.88 Å². The van der Waals surface area contributed by atoms with Crippen LogP contribution in [-0.2, 0) is 11.3 Å². The van der Waals surface area contributed by atoms with Gasteiger partial charge >= 0.3 is 0 Å². The second-order valence-electron chi connectivity index (χ2n) is 4.12. The molecule has 1 aliphatic carbocycles. The molecule has 0 aromatic carbocycles. The molecule has 0 saturated heterocycles. The number of carbonyl (C=O) groups is 1. The van der Waals surface area contributed by atoms with Crippen molar-refractivity contribution in [1.82, 2.24) is 9.88 Å². The Morgan fingerprint density at radius 3 is 3.00 bits per heavy atom. The van der Waals surface area contributed by atoms with E-state index in [1.54, 1.807) is 12.3 Å². The van der Waals surface area contributed by atoms with Gasteiger partial charge in [0.1, 0.15) is 11.6 Å². The van der Waals surface area contributed by atoms with Crippen LogP contribution in [0, 0.1) is 11.3 Å². The highest BCUT2D eigenvalue weighted by Crippen LogP contribution is 2.18. The Bertz CT molecular complexity index is 523. The molecule has 1 saturated carbocycles. The van der Waals surface area contributed by atoms with Gasteiger partial charge in [-0.25, -0.2) is 0 Å². The van der Waals surface area contributed by atoms with E-state index in [9.17, 15) is 9.59 Å². The minimum absolute atomic E-state index is 0.0400. The molecule has 0 atom stereocenters. The summed E-state index contributed by atoms with van der Waals surface area (Å²) in [6, 6.07) is 5.28. The Morgan fingerprint density at radius 1 is 1.59 bits per heavy atom. The average Bonchev–Trinajstić information content (AvgIpc) is 3.11. The van der Waals surface area contributed by atoms with Crippen molar-refractivity contribution >= 4 is 5.91 Å². The van der Waals surface area contributed by atoms with Gasteiger partial charge in [-0.05, 0) is 25.0 Å². The molecule has 88 valence electrons. The topological polar surface area (TPSA) is 74.9 Å². The number of nitriles is 1. The van der Waals surface area contributed by atoms with Crippen LogP contribution in [0.25, 0.3) is 0 Å². The van der Waals surface area contributed by atoms with Crippen LogP contribution in [0.5, 0.6) is 0 Å². The number of hydrogen-bond donors (Lipinski definition) is 1. The Kier molecular flexibility index (Phi) is 3.24. The highest BCUT2D eigenvalue weighted by Gasteiger charge is 2.22. The van der Waals surface area contributed by atoms with Crippen molar-refractivity contribution in [3.63, 3.8) is 0 Å². The fourth-order valence-electron chi connectivity index (χ4n) is 1.55. The molecule has 1 aliphatic rings. The normalized spacial score (nSPS) is 14.1. The van der Waals surface area contributed by atoms with Gasteiger partial charge in [0.05, 0.1) is 0 Å². The molecular formula is C12H13N3O2. The summed E-state index contributed by atoms with van der Waals surface area (Å²) in [7, 11) is 0. The number of nitrogens with one attached hydrogen (secondary N) is 1. The first kappa shape index (κ1) is 11.4. The zero-order chi connectivity index (χ0) is 12.3. The Morgan fingerprint density at radius 2 is 2.35 bits per heavy atom. The standard InChI is InChI=1S/C12H13N3O2/c13-8-9-2-1-6-15(12(9)17)7-5-11(16)14-10-3-4-10/h1-2,6,10H,3-5,7H2,(H,14,16). The van der Waals surface area contributed by atoms with Gasteiger partial charge in [-0.3, -0.25) is 9.59 Å². The molecule has 17 heavy (non-hydrogen) atoms. The maximum absolute atomic E-state index is 11.7. The number of aryl methyl sites for hydroxylation is 1. The summed E-state index contributed by atoms with van der Waals surface area (Å²) >= 11 is 0. The molecule has 0 bridgehead atoms. The summed E-state index contributed by atoms with van der Waals surface area (Å²) in [4.78, 5) is 23.1. The van der Waals surface area contributed by atoms with Crippen molar-refractivity contribution in [3.05, 3.63) is 34.2 Å². The quantitative estimate of drug-likeness (QED) is 0.814. The van der Waals surface area contributed by atoms with Gasteiger partial charge in [0.2, 0.25) is 5.91 Å². The van der Waals surface area contributed by atoms with E-state index in [0.29, 0.717) is 12.6 Å². The third-order valence-electron chi connectivity index (χ3n) is 2.66. The van der Waals surface area contributed by atoms with E-state index in [0.717, 1.165) is 12.8 Å². The molecule has 2 rings (SSSR count). The van der Waals surface area contributed by atoms with Crippen LogP contribution in [0.1, 0.15) is 24.8 Å². The molecule has 1 aromatic rings. The van der Waals surface area contributed by atoms with Crippen molar-refractivity contribution in [3.8, 4) is 6.07 Å². The smallest absolute Gasteiger partial charge is 0.268 e. The first-order chi connectivity index (χ1) is 8.20. The first-order valence-electron chi connectivity index (χ1n) is 5.59. The zero-order valence-electron chi connectivity index (χ0n) is 9.35. The van der Waals surface area contributed by atoms with Gasteiger partial charge in [0.15, 0.2) is 0 Å². The summed E-state index contributed by atoms with van der Waals surface area (Å²) in [5.41, 5.74) is -0.232. The van der Waals surface area contributed by atoms with Crippen LogP contribution in [0.4, 0.5) is 0 Å². The lowest BCUT2D eigenvalue weighted by Crippen LogP contribution is -2.29. The molecule has 5 nitrogen and oxygen atoms in total. The van der Waals surface area contributed by atoms with E-state index in [1.165, 1.54) is 10.6 Å². The molecule has 1 N–H and O–H groups in total. The second kappa shape index (κ2) is 4.83. The average molecular weight is 231 g/mol. The highest BCUT2D eigenvalue weighted by molar-refractivity contribution is 5.76. The van der Waals surface area contributed by atoms with Crippen molar-refractivity contribution < 1.29 is 4.79 Å². The van der Waals surface area contributed by atoms with Crippen molar-refractivity contribution in [2.24, 2.45) is 0 Å². The maximum Gasteiger partial charge on any atom is 0.268 e. The van der Waals surface area contributed by atoms with Crippen LogP contribution in [0.2, 0.25) is 0 Å². The minimum Gasteiger partial charge on any atom is -0.353 e. The molecule has 1 aromatic heterocycles. The van der Waals surface area contributed by atoms with Crippen molar-refractivity contribution in [1.29, 1.82) is 5.26 Å². The molecule has 1 fully saturated rings. The lowest BCUT2D eigenvalue weighted by Gasteiger charge is -2.06. The number of nitrogens with zero attached hydrogens (tertiary/aromatic N) is 2. The lowest BCUT2D eigenvalue weighted by atomic mass is 10.3. The van der Waals surface area contributed by atoms with Gasteiger partial charge in [-0.15, -0.1) is 0 Å². The largest absolute Gasteiger partial charge is 0.353 e. The van der Waals surface area contributed by atoms with Crippen LogP contribution in [0.3, 0.4) is 0 Å². The fraction of sp³-hybridized carbons (Fsp3) is 0.417. The summed E-state index contributed by atoms with van der Waals surface area (Å²) in [6.07, 6.45) is 3.96. The van der Waals surface area contributed by atoms with Gasteiger partial charge in [-0.1, -0.05) is 0 Å². The van der Waals surface area contributed by atoms with Crippen LogP contribution in [0.15, 0.2) is 23.1 Å². The summed E-state index contributed by atoms with van der Waals surface area (Å²) in [5, 5.41) is 11.6. The number of aromatic nitrogens is 1. The van der Waals surface area contributed by atoms with Gasteiger partial charge in [-0.2, -0.15) is 5.26 Å². The zero-order valence-corrected chi connectivity index (χ0v) is 9.35. The monoisotopic (exact) mass is 231 g/mol. The van der Waals surface area contributed by atoms with E-state index in [1.807, 2.05) is 6.07 Å².